The van der Waals surface area contributed by atoms with E-state index in [4.69, 9.17) is 23.7 Å². The lowest BCUT2D eigenvalue weighted by Gasteiger charge is -2.46. The minimum atomic E-state index is -1.72. The quantitative estimate of drug-likeness (QED) is 0.177. The monoisotopic (exact) mass is 520 g/mol. The van der Waals surface area contributed by atoms with E-state index in [0.29, 0.717) is 5.56 Å². The summed E-state index contributed by atoms with van der Waals surface area (Å²) in [4.78, 5) is 24.2. The number of ether oxygens (including phenoxy) is 5. The summed E-state index contributed by atoms with van der Waals surface area (Å²) < 4.78 is 26.8. The Hall–Kier alpha value is -3.26. The van der Waals surface area contributed by atoms with Crippen molar-refractivity contribution in [2.45, 2.75) is 49.0 Å². The van der Waals surface area contributed by atoms with Crippen LogP contribution in [0, 0.1) is 5.92 Å². The first-order valence-electron chi connectivity index (χ1n) is 11.5. The van der Waals surface area contributed by atoms with Crippen LogP contribution in [0.2, 0.25) is 0 Å². The van der Waals surface area contributed by atoms with Gasteiger partial charge < -0.3 is 49.2 Å². The van der Waals surface area contributed by atoms with Crippen molar-refractivity contribution in [2.24, 2.45) is 5.92 Å². The molecule has 4 rings (SSSR count). The molecule has 2 fully saturated rings. The molecule has 0 saturated carbocycles. The minimum Gasteiger partial charge on any atom is -0.508 e. The maximum absolute atomic E-state index is 12.1. The summed E-state index contributed by atoms with van der Waals surface area (Å²) in [5.74, 6) is -2.41. The number of esters is 2. The molecular formula is C25H28O12. The number of aliphatic hydroxyl groups is 4. The van der Waals surface area contributed by atoms with E-state index < -0.39 is 67.1 Å². The number of hydrogen-bond donors (Lipinski definition) is 5. The highest BCUT2D eigenvalue weighted by Crippen LogP contribution is 2.42. The largest absolute Gasteiger partial charge is 0.508 e. The molecular weight excluding hydrogens is 492 g/mol. The molecule has 12 nitrogen and oxygen atoms in total. The summed E-state index contributed by atoms with van der Waals surface area (Å²) in [5, 5.41) is 51.6. The maximum Gasteiger partial charge on any atom is 0.340 e. The Labute approximate surface area is 211 Å². The fourth-order valence-corrected chi connectivity index (χ4v) is 4.31. The fourth-order valence-electron chi connectivity index (χ4n) is 4.31. The van der Waals surface area contributed by atoms with Crippen LogP contribution in [0.4, 0.5) is 0 Å². The van der Waals surface area contributed by atoms with E-state index in [0.717, 1.165) is 12.3 Å². The molecule has 200 valence electrons. The van der Waals surface area contributed by atoms with Crippen LogP contribution in [-0.2, 0) is 33.3 Å². The number of phenolic OH excluding ortho intramolecular Hbond substituents is 1. The van der Waals surface area contributed by atoms with Crippen LogP contribution in [0.25, 0.3) is 6.08 Å². The third kappa shape index (κ3) is 5.54. The fraction of sp³-hybridized carbons (Fsp3) is 0.440. The zero-order valence-corrected chi connectivity index (χ0v) is 19.6. The van der Waals surface area contributed by atoms with E-state index >= 15 is 0 Å². The number of hydrogen-bond acceptors (Lipinski definition) is 12. The molecule has 3 aliphatic rings. The number of rotatable bonds is 7. The van der Waals surface area contributed by atoms with E-state index in [9.17, 15) is 35.1 Å². The molecule has 0 spiro atoms. The highest BCUT2D eigenvalue weighted by Gasteiger charge is 2.54. The van der Waals surface area contributed by atoms with Crippen molar-refractivity contribution < 1.29 is 58.8 Å². The van der Waals surface area contributed by atoms with Gasteiger partial charge in [0, 0.05) is 12.5 Å². The number of carbonyl (C=O) groups is 2. The maximum atomic E-state index is 12.1. The van der Waals surface area contributed by atoms with Gasteiger partial charge in [-0.25, -0.2) is 9.59 Å². The van der Waals surface area contributed by atoms with Crippen LogP contribution in [-0.4, -0.2) is 93.3 Å². The number of cyclic esters (lactones) is 1. The van der Waals surface area contributed by atoms with Gasteiger partial charge in [0.25, 0.3) is 0 Å². The number of aromatic hydroxyl groups is 1. The van der Waals surface area contributed by atoms with E-state index in [-0.39, 0.29) is 24.4 Å². The Morgan fingerprint density at radius 3 is 2.57 bits per heavy atom. The van der Waals surface area contributed by atoms with Crippen LogP contribution in [0.3, 0.4) is 0 Å². The third-order valence-electron chi connectivity index (χ3n) is 6.45. The van der Waals surface area contributed by atoms with Crippen molar-refractivity contribution in [1.82, 2.24) is 0 Å². The highest BCUT2D eigenvalue weighted by molar-refractivity contribution is 5.91. The van der Waals surface area contributed by atoms with Gasteiger partial charge in [0.2, 0.25) is 6.29 Å². The third-order valence-corrected chi connectivity index (χ3v) is 6.45. The van der Waals surface area contributed by atoms with Crippen LogP contribution >= 0.6 is 0 Å². The van der Waals surface area contributed by atoms with Gasteiger partial charge in [-0.3, -0.25) is 0 Å². The lowest BCUT2D eigenvalue weighted by molar-refractivity contribution is -0.344. The average molecular weight is 520 g/mol. The molecule has 0 unspecified atom stereocenters. The summed E-state index contributed by atoms with van der Waals surface area (Å²) in [5.41, 5.74) is -1.17. The van der Waals surface area contributed by atoms with Crippen molar-refractivity contribution in [1.29, 1.82) is 0 Å². The van der Waals surface area contributed by atoms with Gasteiger partial charge in [-0.1, -0.05) is 18.2 Å². The van der Waals surface area contributed by atoms with E-state index in [1.165, 1.54) is 24.3 Å². The highest BCUT2D eigenvalue weighted by atomic mass is 16.8. The standard InChI is InChI=1S/C25H28O12/c1-2-15-23(35-11-16-22(31)33-10-9-25(15,16)32)37-24-21(30)20(29)19(28)17(36-24)12-34-18(27)8-5-13-3-6-14(26)7-4-13/h2-8,11,15,17,19-21,23-24,26,28-30,32H,1,9-10,12H2/b8-5-/t15-,17+,19+,20-,21+,23-,24-,25+/m0/s1. The first kappa shape index (κ1) is 26.8. The van der Waals surface area contributed by atoms with Gasteiger partial charge in [-0.05, 0) is 23.8 Å². The summed E-state index contributed by atoms with van der Waals surface area (Å²) in [6, 6.07) is 6.07. The summed E-state index contributed by atoms with van der Waals surface area (Å²) in [6.45, 7) is 3.15. The SMILES string of the molecule is C=C[C@H]1[C@H](O[C@@H]2O[C@H](COC(=O)/C=C\c3ccc(O)cc3)[C@@H](O)[C@H](O)[C@H]2O)OC=C2C(=O)OCC[C@]21O. The normalized spacial score (nSPS) is 35.6. The van der Waals surface area contributed by atoms with Crippen LogP contribution in [0.15, 0.2) is 54.8 Å². The van der Waals surface area contributed by atoms with Crippen molar-refractivity contribution in [2.75, 3.05) is 13.2 Å². The smallest absolute Gasteiger partial charge is 0.340 e. The minimum absolute atomic E-state index is 0.0359. The predicted molar refractivity (Wildman–Crippen MR) is 123 cm³/mol. The van der Waals surface area contributed by atoms with Crippen LogP contribution in [0.1, 0.15) is 12.0 Å². The molecule has 3 heterocycles. The second-order valence-corrected chi connectivity index (χ2v) is 8.81. The van der Waals surface area contributed by atoms with Gasteiger partial charge >= 0.3 is 11.9 Å². The molecule has 1 aromatic rings. The predicted octanol–water partition coefficient (Wildman–Crippen LogP) is -0.507. The first-order chi connectivity index (χ1) is 17.6. The van der Waals surface area contributed by atoms with Crippen molar-refractivity contribution in [3.05, 3.63) is 60.4 Å². The second-order valence-electron chi connectivity index (χ2n) is 8.81. The van der Waals surface area contributed by atoms with Gasteiger partial charge in [-0.15, -0.1) is 6.58 Å². The molecule has 0 bridgehead atoms. The molecule has 0 aromatic heterocycles. The summed E-state index contributed by atoms with van der Waals surface area (Å²) in [7, 11) is 0. The average Bonchev–Trinajstić information content (AvgIpc) is 2.87. The Balaban J connectivity index is 1.40. The van der Waals surface area contributed by atoms with Crippen molar-refractivity contribution >= 4 is 18.0 Å². The van der Waals surface area contributed by atoms with Crippen LogP contribution < -0.4 is 0 Å². The van der Waals surface area contributed by atoms with E-state index in [2.05, 4.69) is 6.58 Å². The number of fused-ring (bicyclic) bond motifs is 1. The van der Waals surface area contributed by atoms with Crippen LogP contribution in [0.5, 0.6) is 5.75 Å². The number of benzene rings is 1. The lowest BCUT2D eigenvalue weighted by Crippen LogP contribution is -2.61. The number of carbonyl (C=O) groups excluding carboxylic acids is 2. The topological polar surface area (TPSA) is 181 Å². The van der Waals surface area contributed by atoms with Gasteiger partial charge in [-0.2, -0.15) is 0 Å². The molecule has 2 saturated heterocycles. The van der Waals surface area contributed by atoms with Crippen molar-refractivity contribution in [3.63, 3.8) is 0 Å². The molecule has 0 amide bonds. The Morgan fingerprint density at radius 1 is 1.14 bits per heavy atom. The van der Waals surface area contributed by atoms with E-state index in [1.807, 2.05) is 0 Å². The Kier molecular flexibility index (Phi) is 7.97. The molecule has 0 aliphatic carbocycles. The molecule has 5 N–H and O–H groups in total. The molecule has 0 radical (unpaired) electrons. The second kappa shape index (κ2) is 11.0. The van der Waals surface area contributed by atoms with Gasteiger partial charge in [0.15, 0.2) is 6.29 Å². The molecule has 8 atom stereocenters. The van der Waals surface area contributed by atoms with E-state index in [1.54, 1.807) is 12.1 Å². The van der Waals surface area contributed by atoms with Crippen molar-refractivity contribution in [3.8, 4) is 5.75 Å². The zero-order chi connectivity index (χ0) is 26.7. The molecule has 37 heavy (non-hydrogen) atoms. The first-order valence-corrected chi connectivity index (χ1v) is 11.5. The number of aliphatic hydroxyl groups excluding tert-OH is 3. The Bertz CT molecular complexity index is 1070. The molecule has 3 aliphatic heterocycles. The Morgan fingerprint density at radius 2 is 1.86 bits per heavy atom. The number of phenols is 1. The summed E-state index contributed by atoms with van der Waals surface area (Å²) >= 11 is 0. The molecule has 1 aromatic carbocycles. The van der Waals surface area contributed by atoms with Gasteiger partial charge in [0.1, 0.15) is 47.9 Å². The zero-order valence-electron chi connectivity index (χ0n) is 19.6. The molecule has 12 heteroatoms. The lowest BCUT2D eigenvalue weighted by atomic mass is 9.76. The van der Waals surface area contributed by atoms with Gasteiger partial charge in [0.05, 0.1) is 18.8 Å². The summed E-state index contributed by atoms with van der Waals surface area (Å²) in [6.07, 6.45) is -4.21.